The van der Waals surface area contributed by atoms with Gasteiger partial charge in [-0.15, -0.1) is 0 Å². The van der Waals surface area contributed by atoms with E-state index in [9.17, 15) is 15.0 Å². The Kier molecular flexibility index (Phi) is 3.50. The van der Waals surface area contributed by atoms with E-state index in [1.54, 1.807) is 0 Å². The number of hydrogen-bond donors (Lipinski definition) is 6. The van der Waals surface area contributed by atoms with Crippen LogP contribution in [0.25, 0.3) is 0 Å². The molecular formula is C12H17N5O5. The third-order valence-corrected chi connectivity index (χ3v) is 4.13. The number of carbonyl (C=O) groups excluding carboxylic acids is 1. The minimum Gasteiger partial charge on any atom is -0.394 e. The molecule has 0 spiro atoms. The molecule has 3 heterocycles. The molecule has 0 radical (unpaired) electrons. The summed E-state index contributed by atoms with van der Waals surface area (Å²) in [5, 5.41) is 38.9. The van der Waals surface area contributed by atoms with Crippen molar-refractivity contribution in [2.24, 2.45) is 16.1 Å². The SMILES string of the molecule is N=C1N=C2N([C@@H]3O[C@H](CO)[C@@H](O)[C@H]3O)C=CC2(CN)C(=O)N1. The van der Waals surface area contributed by atoms with Crippen molar-refractivity contribution in [3.8, 4) is 0 Å². The molecule has 5 atom stereocenters. The van der Waals surface area contributed by atoms with Gasteiger partial charge in [-0.25, -0.2) is 0 Å². The number of aliphatic hydroxyl groups is 3. The Bertz CT molecular complexity index is 578. The fourth-order valence-electron chi connectivity index (χ4n) is 2.84. The van der Waals surface area contributed by atoms with Gasteiger partial charge in [0.25, 0.3) is 0 Å². The van der Waals surface area contributed by atoms with Gasteiger partial charge in [-0.1, -0.05) is 0 Å². The highest BCUT2D eigenvalue weighted by atomic mass is 16.6. The smallest absolute Gasteiger partial charge is 0.245 e. The number of amides is 1. The topological polar surface area (TPSA) is 164 Å². The van der Waals surface area contributed by atoms with Gasteiger partial charge in [0.05, 0.1) is 6.61 Å². The zero-order chi connectivity index (χ0) is 16.1. The van der Waals surface area contributed by atoms with Crippen molar-refractivity contribution in [1.29, 1.82) is 5.41 Å². The summed E-state index contributed by atoms with van der Waals surface area (Å²) in [6.45, 7) is -0.538. The number of guanidine groups is 1. The summed E-state index contributed by atoms with van der Waals surface area (Å²) >= 11 is 0. The largest absolute Gasteiger partial charge is 0.394 e. The molecule has 3 aliphatic heterocycles. The van der Waals surface area contributed by atoms with Crippen LogP contribution in [0, 0.1) is 10.8 Å². The zero-order valence-electron chi connectivity index (χ0n) is 11.5. The lowest BCUT2D eigenvalue weighted by molar-refractivity contribution is -0.124. The first-order valence-electron chi connectivity index (χ1n) is 6.74. The van der Waals surface area contributed by atoms with Crippen LogP contribution in [0.15, 0.2) is 17.3 Å². The van der Waals surface area contributed by atoms with Crippen LogP contribution in [0.3, 0.4) is 0 Å². The van der Waals surface area contributed by atoms with Crippen molar-refractivity contribution in [1.82, 2.24) is 10.2 Å². The molecular weight excluding hydrogens is 294 g/mol. The van der Waals surface area contributed by atoms with Gasteiger partial charge in [0.15, 0.2) is 6.23 Å². The van der Waals surface area contributed by atoms with Gasteiger partial charge in [-0.05, 0) is 6.08 Å². The Labute approximate surface area is 125 Å². The summed E-state index contributed by atoms with van der Waals surface area (Å²) < 4.78 is 5.43. The first-order valence-corrected chi connectivity index (χ1v) is 6.74. The zero-order valence-corrected chi connectivity index (χ0v) is 11.5. The van der Waals surface area contributed by atoms with Crippen LogP contribution >= 0.6 is 0 Å². The predicted molar refractivity (Wildman–Crippen MR) is 73.5 cm³/mol. The molecule has 1 fully saturated rings. The fourth-order valence-corrected chi connectivity index (χ4v) is 2.84. The summed E-state index contributed by atoms with van der Waals surface area (Å²) in [5.41, 5.74) is 4.47. The average Bonchev–Trinajstić information content (AvgIpc) is 2.99. The van der Waals surface area contributed by atoms with E-state index in [4.69, 9.17) is 21.0 Å². The molecule has 10 heteroatoms. The summed E-state index contributed by atoms with van der Waals surface area (Å²) in [6.07, 6.45) is -1.56. The molecule has 0 saturated carbocycles. The van der Waals surface area contributed by atoms with Gasteiger partial charge in [0.2, 0.25) is 11.9 Å². The molecule has 0 bridgehead atoms. The van der Waals surface area contributed by atoms with Crippen LogP contribution in [0.5, 0.6) is 0 Å². The summed E-state index contributed by atoms with van der Waals surface area (Å²) in [7, 11) is 0. The number of aliphatic hydroxyl groups excluding tert-OH is 3. The van der Waals surface area contributed by atoms with Gasteiger partial charge >= 0.3 is 0 Å². The monoisotopic (exact) mass is 311 g/mol. The van der Waals surface area contributed by atoms with E-state index in [-0.39, 0.29) is 18.3 Å². The highest BCUT2D eigenvalue weighted by molar-refractivity contribution is 6.22. The molecule has 22 heavy (non-hydrogen) atoms. The highest BCUT2D eigenvalue weighted by Crippen LogP contribution is 2.36. The molecule has 0 aromatic heterocycles. The van der Waals surface area contributed by atoms with Gasteiger partial charge in [0, 0.05) is 12.7 Å². The van der Waals surface area contributed by atoms with Gasteiger partial charge < -0.3 is 30.7 Å². The van der Waals surface area contributed by atoms with E-state index in [0.717, 1.165) is 0 Å². The molecule has 0 aromatic carbocycles. The second-order valence-corrected chi connectivity index (χ2v) is 5.37. The number of carbonyl (C=O) groups is 1. The summed E-state index contributed by atoms with van der Waals surface area (Å²) in [5.74, 6) is -0.682. The van der Waals surface area contributed by atoms with Crippen molar-refractivity contribution in [3.63, 3.8) is 0 Å². The van der Waals surface area contributed by atoms with E-state index < -0.39 is 42.5 Å². The number of nitrogens with zero attached hydrogens (tertiary/aromatic N) is 2. The Morgan fingerprint density at radius 2 is 2.23 bits per heavy atom. The van der Waals surface area contributed by atoms with Gasteiger partial charge in [0.1, 0.15) is 29.6 Å². The Balaban J connectivity index is 1.96. The lowest BCUT2D eigenvalue weighted by Gasteiger charge is -2.35. The molecule has 7 N–H and O–H groups in total. The molecule has 120 valence electrons. The van der Waals surface area contributed by atoms with E-state index >= 15 is 0 Å². The number of ether oxygens (including phenoxy) is 1. The molecule has 0 aromatic rings. The number of nitrogens with two attached hydrogens (primary N) is 1. The first kappa shape index (κ1) is 15.1. The third kappa shape index (κ3) is 1.89. The number of amidine groups is 1. The number of nitrogens with one attached hydrogen (secondary N) is 2. The predicted octanol–water partition coefficient (Wildman–Crippen LogP) is -3.34. The van der Waals surface area contributed by atoms with Crippen LogP contribution in [0.2, 0.25) is 0 Å². The second kappa shape index (κ2) is 5.11. The van der Waals surface area contributed by atoms with Crippen LogP contribution in [0.1, 0.15) is 0 Å². The average molecular weight is 311 g/mol. The lowest BCUT2D eigenvalue weighted by atomic mass is 9.86. The third-order valence-electron chi connectivity index (χ3n) is 4.13. The van der Waals surface area contributed by atoms with Crippen LogP contribution < -0.4 is 11.1 Å². The highest BCUT2D eigenvalue weighted by Gasteiger charge is 2.54. The Hall–Kier alpha value is -1.85. The van der Waals surface area contributed by atoms with E-state index in [1.807, 2.05) is 0 Å². The van der Waals surface area contributed by atoms with Crippen LogP contribution in [-0.2, 0) is 9.53 Å². The maximum Gasteiger partial charge on any atom is 0.245 e. The molecule has 3 aliphatic rings. The number of hydrogen-bond acceptors (Lipinski definition) is 8. The molecule has 10 nitrogen and oxygen atoms in total. The van der Waals surface area contributed by atoms with E-state index in [1.165, 1.54) is 17.2 Å². The molecule has 1 saturated heterocycles. The van der Waals surface area contributed by atoms with Crippen molar-refractivity contribution in [2.45, 2.75) is 24.5 Å². The number of aliphatic imine (C=N–C) groups is 1. The standard InChI is InChI=1S/C12H17N5O5/c13-4-12-1-2-17(9(12)15-11(14)16-10(12)21)8-7(20)6(19)5(3-18)22-8/h1-2,5-8,18-20H,3-4,13H2,(H2,14,16,21)/t5-,6-,7-,8-,12?/m1/s1. The quantitative estimate of drug-likeness (QED) is 0.317. The molecule has 3 rings (SSSR count). The van der Waals surface area contributed by atoms with E-state index in [2.05, 4.69) is 10.3 Å². The maximum atomic E-state index is 12.2. The van der Waals surface area contributed by atoms with Crippen molar-refractivity contribution in [2.75, 3.05) is 13.2 Å². The maximum absolute atomic E-state index is 12.2. The van der Waals surface area contributed by atoms with Crippen molar-refractivity contribution >= 4 is 17.7 Å². The summed E-state index contributed by atoms with van der Waals surface area (Å²) in [4.78, 5) is 17.5. The van der Waals surface area contributed by atoms with Gasteiger partial charge in [-0.2, -0.15) is 4.99 Å². The Morgan fingerprint density at radius 3 is 2.82 bits per heavy atom. The minimum atomic E-state index is -1.31. The number of rotatable bonds is 3. The second-order valence-electron chi connectivity index (χ2n) is 5.37. The lowest BCUT2D eigenvalue weighted by Crippen LogP contribution is -2.58. The minimum absolute atomic E-state index is 0.0766. The fraction of sp³-hybridized carbons (Fsp3) is 0.583. The molecule has 1 unspecified atom stereocenters. The Morgan fingerprint density at radius 1 is 1.50 bits per heavy atom. The normalized spacial score (nSPS) is 40.7. The first-order chi connectivity index (χ1) is 10.4. The van der Waals surface area contributed by atoms with Crippen LogP contribution in [-0.4, -0.2) is 75.6 Å². The van der Waals surface area contributed by atoms with Crippen molar-refractivity contribution in [3.05, 3.63) is 12.3 Å². The molecule has 0 aliphatic carbocycles. The van der Waals surface area contributed by atoms with Gasteiger partial charge in [-0.3, -0.25) is 15.5 Å². The number of fused-ring (bicyclic) bond motifs is 1. The van der Waals surface area contributed by atoms with Crippen LogP contribution in [0.4, 0.5) is 0 Å². The van der Waals surface area contributed by atoms with E-state index in [0.29, 0.717) is 0 Å². The molecule has 1 amide bonds. The van der Waals surface area contributed by atoms with Crippen molar-refractivity contribution < 1.29 is 24.9 Å². The summed E-state index contributed by atoms with van der Waals surface area (Å²) in [6, 6.07) is 0.